The molecule has 2 rings (SSSR count). The molecule has 100 valence electrons. The summed E-state index contributed by atoms with van der Waals surface area (Å²) in [6, 6.07) is 8.73. The highest BCUT2D eigenvalue weighted by Gasteiger charge is 2.22. The predicted molar refractivity (Wildman–Crippen MR) is 78.1 cm³/mol. The number of benzene rings is 1. The maximum Gasteiger partial charge on any atom is 0.00434 e. The van der Waals surface area contributed by atoms with Crippen LogP contribution in [0.2, 0.25) is 0 Å². The third kappa shape index (κ3) is 3.33. The van der Waals surface area contributed by atoms with Crippen LogP contribution in [0, 0.1) is 12.8 Å². The smallest absolute Gasteiger partial charge is 0.00434 e. The van der Waals surface area contributed by atoms with E-state index in [1.807, 2.05) is 0 Å². The zero-order valence-corrected chi connectivity index (χ0v) is 11.9. The Bertz CT molecular complexity index is 378. The van der Waals surface area contributed by atoms with Crippen molar-refractivity contribution in [2.75, 3.05) is 26.2 Å². The molecule has 1 aromatic carbocycles. The zero-order valence-electron chi connectivity index (χ0n) is 11.9. The Morgan fingerprint density at radius 1 is 1.33 bits per heavy atom. The Morgan fingerprint density at radius 3 is 2.78 bits per heavy atom. The fourth-order valence-corrected chi connectivity index (χ4v) is 2.90. The maximum atomic E-state index is 3.65. The molecule has 18 heavy (non-hydrogen) atoms. The van der Waals surface area contributed by atoms with E-state index in [0.717, 1.165) is 19.0 Å². The van der Waals surface area contributed by atoms with Gasteiger partial charge in [-0.25, -0.2) is 0 Å². The molecular weight excluding hydrogens is 220 g/mol. The van der Waals surface area contributed by atoms with Gasteiger partial charge >= 0.3 is 0 Å². The number of hydrogen-bond donors (Lipinski definition) is 2. The lowest BCUT2D eigenvalue weighted by molar-refractivity contribution is 0.430. The van der Waals surface area contributed by atoms with E-state index in [1.165, 1.54) is 30.6 Å². The van der Waals surface area contributed by atoms with Gasteiger partial charge in [0, 0.05) is 12.0 Å². The molecule has 0 radical (unpaired) electrons. The maximum absolute atomic E-state index is 3.65. The zero-order chi connectivity index (χ0) is 13.0. The van der Waals surface area contributed by atoms with Crippen LogP contribution in [-0.2, 0) is 5.41 Å². The normalized spacial score (nSPS) is 20.3. The summed E-state index contributed by atoms with van der Waals surface area (Å²) < 4.78 is 0. The standard InChI is InChI=1S/C16H26N2/c1-13-6-4-5-7-15(13)16(2,3)12-18-11-14-8-9-17-10-14/h4-7,14,17-18H,8-12H2,1-3H3. The van der Waals surface area contributed by atoms with Gasteiger partial charge in [-0.2, -0.15) is 0 Å². The molecule has 0 spiro atoms. The van der Waals surface area contributed by atoms with Crippen molar-refractivity contribution >= 4 is 0 Å². The molecule has 1 atom stereocenters. The van der Waals surface area contributed by atoms with E-state index >= 15 is 0 Å². The summed E-state index contributed by atoms with van der Waals surface area (Å²) in [5, 5.41) is 7.07. The molecule has 1 saturated heterocycles. The van der Waals surface area contributed by atoms with Gasteiger partial charge in [0.05, 0.1) is 0 Å². The summed E-state index contributed by atoms with van der Waals surface area (Å²) >= 11 is 0. The third-order valence-corrected chi connectivity index (χ3v) is 4.04. The average Bonchev–Trinajstić information content (AvgIpc) is 2.82. The van der Waals surface area contributed by atoms with Crippen molar-refractivity contribution in [2.24, 2.45) is 5.92 Å². The SMILES string of the molecule is Cc1ccccc1C(C)(C)CNCC1CCNC1. The van der Waals surface area contributed by atoms with Gasteiger partial charge in [-0.1, -0.05) is 38.1 Å². The molecule has 2 N–H and O–H groups in total. The second-order valence-corrected chi connectivity index (χ2v) is 6.19. The van der Waals surface area contributed by atoms with Crippen molar-refractivity contribution in [3.8, 4) is 0 Å². The number of hydrogen-bond acceptors (Lipinski definition) is 2. The minimum absolute atomic E-state index is 0.206. The molecule has 1 aliphatic heterocycles. The van der Waals surface area contributed by atoms with Gasteiger partial charge in [-0.3, -0.25) is 0 Å². The van der Waals surface area contributed by atoms with E-state index in [9.17, 15) is 0 Å². The van der Waals surface area contributed by atoms with Crippen LogP contribution in [-0.4, -0.2) is 26.2 Å². The molecule has 2 nitrogen and oxygen atoms in total. The molecule has 0 amide bonds. The van der Waals surface area contributed by atoms with E-state index in [4.69, 9.17) is 0 Å². The molecule has 1 aliphatic rings. The van der Waals surface area contributed by atoms with Crippen LogP contribution in [0.5, 0.6) is 0 Å². The van der Waals surface area contributed by atoms with Gasteiger partial charge in [0.1, 0.15) is 0 Å². The van der Waals surface area contributed by atoms with Gasteiger partial charge in [0.25, 0.3) is 0 Å². The van der Waals surface area contributed by atoms with E-state index in [0.29, 0.717) is 0 Å². The molecule has 1 heterocycles. The van der Waals surface area contributed by atoms with Crippen LogP contribution in [0.1, 0.15) is 31.4 Å². The second-order valence-electron chi connectivity index (χ2n) is 6.19. The summed E-state index contributed by atoms with van der Waals surface area (Å²) in [5.74, 6) is 0.817. The van der Waals surface area contributed by atoms with Crippen LogP contribution in [0.4, 0.5) is 0 Å². The van der Waals surface area contributed by atoms with Gasteiger partial charge in [0.15, 0.2) is 0 Å². The molecule has 1 fully saturated rings. The summed E-state index contributed by atoms with van der Waals surface area (Å²) in [6.07, 6.45) is 1.32. The van der Waals surface area contributed by atoms with E-state index < -0.39 is 0 Å². The molecule has 0 aromatic heterocycles. The van der Waals surface area contributed by atoms with Gasteiger partial charge in [0.2, 0.25) is 0 Å². The molecule has 0 bridgehead atoms. The highest BCUT2D eigenvalue weighted by atomic mass is 14.9. The van der Waals surface area contributed by atoms with Crippen LogP contribution in [0.25, 0.3) is 0 Å². The quantitative estimate of drug-likeness (QED) is 0.834. The molecule has 2 heteroatoms. The number of nitrogens with one attached hydrogen (secondary N) is 2. The highest BCUT2D eigenvalue weighted by Crippen LogP contribution is 2.25. The van der Waals surface area contributed by atoms with Crippen molar-refractivity contribution < 1.29 is 0 Å². The first-order valence-corrected chi connectivity index (χ1v) is 7.07. The van der Waals surface area contributed by atoms with Crippen molar-refractivity contribution in [1.82, 2.24) is 10.6 Å². The van der Waals surface area contributed by atoms with E-state index in [-0.39, 0.29) is 5.41 Å². The van der Waals surface area contributed by atoms with Crippen LogP contribution in [0.15, 0.2) is 24.3 Å². The lowest BCUT2D eigenvalue weighted by Gasteiger charge is -2.28. The second kappa shape index (κ2) is 5.85. The third-order valence-electron chi connectivity index (χ3n) is 4.04. The Hall–Kier alpha value is -0.860. The number of aryl methyl sites for hydroxylation is 1. The van der Waals surface area contributed by atoms with Crippen LogP contribution >= 0.6 is 0 Å². The summed E-state index contributed by atoms with van der Waals surface area (Å²) in [5.41, 5.74) is 3.06. The summed E-state index contributed by atoms with van der Waals surface area (Å²) in [4.78, 5) is 0. The van der Waals surface area contributed by atoms with Crippen molar-refractivity contribution in [3.05, 3.63) is 35.4 Å². The summed E-state index contributed by atoms with van der Waals surface area (Å²) in [6.45, 7) is 11.4. The van der Waals surface area contributed by atoms with E-state index in [1.54, 1.807) is 0 Å². The number of rotatable bonds is 5. The van der Waals surface area contributed by atoms with Crippen LogP contribution in [0.3, 0.4) is 0 Å². The van der Waals surface area contributed by atoms with Crippen LogP contribution < -0.4 is 10.6 Å². The average molecular weight is 246 g/mol. The minimum Gasteiger partial charge on any atom is -0.316 e. The van der Waals surface area contributed by atoms with E-state index in [2.05, 4.69) is 55.7 Å². The minimum atomic E-state index is 0.206. The molecular formula is C16H26N2. The first-order chi connectivity index (χ1) is 8.59. The van der Waals surface area contributed by atoms with Gasteiger partial charge in [-0.15, -0.1) is 0 Å². The Balaban J connectivity index is 1.88. The highest BCUT2D eigenvalue weighted by molar-refractivity contribution is 5.32. The topological polar surface area (TPSA) is 24.1 Å². The fraction of sp³-hybridized carbons (Fsp3) is 0.625. The van der Waals surface area contributed by atoms with Crippen molar-refractivity contribution in [2.45, 2.75) is 32.6 Å². The Kier molecular flexibility index (Phi) is 4.41. The molecule has 0 saturated carbocycles. The molecule has 1 unspecified atom stereocenters. The first-order valence-electron chi connectivity index (χ1n) is 7.07. The molecule has 0 aliphatic carbocycles. The lowest BCUT2D eigenvalue weighted by atomic mass is 9.82. The lowest BCUT2D eigenvalue weighted by Crippen LogP contribution is -2.36. The monoisotopic (exact) mass is 246 g/mol. The van der Waals surface area contributed by atoms with Gasteiger partial charge < -0.3 is 10.6 Å². The Labute approximate surface area is 111 Å². The largest absolute Gasteiger partial charge is 0.316 e. The predicted octanol–water partition coefficient (Wildman–Crippen LogP) is 2.47. The summed E-state index contributed by atoms with van der Waals surface area (Å²) in [7, 11) is 0. The fourth-order valence-electron chi connectivity index (χ4n) is 2.90. The molecule has 1 aromatic rings. The van der Waals surface area contributed by atoms with Crippen molar-refractivity contribution in [1.29, 1.82) is 0 Å². The Morgan fingerprint density at radius 2 is 2.11 bits per heavy atom. The van der Waals surface area contributed by atoms with Crippen molar-refractivity contribution in [3.63, 3.8) is 0 Å². The first kappa shape index (κ1) is 13.6. The van der Waals surface area contributed by atoms with Gasteiger partial charge in [-0.05, 0) is 50.0 Å².